The number of aromatic nitrogens is 2. The van der Waals surface area contributed by atoms with Crippen molar-refractivity contribution in [1.82, 2.24) is 10.1 Å². The van der Waals surface area contributed by atoms with Gasteiger partial charge in [0.2, 0.25) is 0 Å². The maximum absolute atomic E-state index is 8.89. The molecule has 0 saturated heterocycles. The van der Waals surface area contributed by atoms with Crippen molar-refractivity contribution in [2.45, 2.75) is 13.0 Å². The van der Waals surface area contributed by atoms with Gasteiger partial charge in [-0.2, -0.15) is 4.98 Å². The number of ether oxygens (including phenoxy) is 1. The first-order valence-corrected chi connectivity index (χ1v) is 3.93. The van der Waals surface area contributed by atoms with E-state index in [1.54, 1.807) is 14.0 Å². The molecule has 1 aromatic heterocycles. The van der Waals surface area contributed by atoms with Crippen LogP contribution in [0, 0.1) is 6.92 Å². The summed E-state index contributed by atoms with van der Waals surface area (Å²) in [6.07, 6.45) is 0. The van der Waals surface area contributed by atoms with Crippen LogP contribution in [0.4, 0.5) is 6.01 Å². The van der Waals surface area contributed by atoms with Crippen molar-refractivity contribution >= 4 is 6.01 Å². The van der Waals surface area contributed by atoms with Gasteiger partial charge in [-0.3, -0.25) is 0 Å². The summed E-state index contributed by atoms with van der Waals surface area (Å²) in [6.45, 7) is 2.06. The van der Waals surface area contributed by atoms with Crippen LogP contribution in [0.25, 0.3) is 0 Å². The highest BCUT2D eigenvalue weighted by Gasteiger charge is 2.10. The Morgan fingerprint density at radius 1 is 1.69 bits per heavy atom. The van der Waals surface area contributed by atoms with E-state index in [1.807, 2.05) is 0 Å². The lowest BCUT2D eigenvalue weighted by Crippen LogP contribution is -2.28. The van der Waals surface area contributed by atoms with Gasteiger partial charge in [0.1, 0.15) is 0 Å². The smallest absolute Gasteiger partial charge is 0.321 e. The number of aliphatic hydroxyl groups is 1. The molecule has 0 saturated carbocycles. The zero-order chi connectivity index (χ0) is 9.68. The Morgan fingerprint density at radius 2 is 2.46 bits per heavy atom. The average Bonchev–Trinajstić information content (AvgIpc) is 2.50. The van der Waals surface area contributed by atoms with Gasteiger partial charge in [0.25, 0.3) is 0 Å². The third-order valence-corrected chi connectivity index (χ3v) is 1.44. The van der Waals surface area contributed by atoms with E-state index in [0.29, 0.717) is 18.4 Å². The predicted octanol–water partition coefficient (Wildman–Crippen LogP) is -0.203. The summed E-state index contributed by atoms with van der Waals surface area (Å²) in [5.74, 6) is 0.552. The van der Waals surface area contributed by atoms with Gasteiger partial charge in [-0.1, -0.05) is 5.16 Å². The maximum atomic E-state index is 8.89. The third kappa shape index (κ3) is 3.00. The Labute approximate surface area is 75.9 Å². The molecule has 0 radical (unpaired) electrons. The fraction of sp³-hybridized carbons (Fsp3) is 0.714. The minimum absolute atomic E-state index is 0.0464. The molecule has 0 aromatic carbocycles. The van der Waals surface area contributed by atoms with Crippen molar-refractivity contribution in [1.29, 1.82) is 0 Å². The number of anilines is 1. The number of aryl methyl sites for hydroxylation is 1. The fourth-order valence-electron chi connectivity index (χ4n) is 0.872. The molecule has 1 atom stereocenters. The van der Waals surface area contributed by atoms with Crippen LogP contribution in [-0.2, 0) is 4.74 Å². The quantitative estimate of drug-likeness (QED) is 0.664. The van der Waals surface area contributed by atoms with Gasteiger partial charge in [-0.15, -0.1) is 0 Å². The minimum Gasteiger partial charge on any atom is -0.394 e. The molecule has 6 heteroatoms. The number of aliphatic hydroxyl groups excluding tert-OH is 1. The molecule has 74 valence electrons. The second-order valence-electron chi connectivity index (χ2n) is 2.63. The number of rotatable bonds is 5. The molecule has 6 nitrogen and oxygen atoms in total. The number of methoxy groups -OCH3 is 1. The van der Waals surface area contributed by atoms with E-state index in [9.17, 15) is 0 Å². The Hall–Kier alpha value is -1.14. The van der Waals surface area contributed by atoms with Gasteiger partial charge in [-0.25, -0.2) is 0 Å². The SMILES string of the molecule is COCC(CO)Nc1nc(C)no1. The van der Waals surface area contributed by atoms with Gasteiger partial charge < -0.3 is 19.7 Å². The maximum Gasteiger partial charge on any atom is 0.321 e. The molecule has 0 bridgehead atoms. The monoisotopic (exact) mass is 187 g/mol. The van der Waals surface area contributed by atoms with Gasteiger partial charge in [0.15, 0.2) is 5.82 Å². The fourth-order valence-corrected chi connectivity index (χ4v) is 0.872. The molecule has 0 aliphatic carbocycles. The topological polar surface area (TPSA) is 80.4 Å². The highest BCUT2D eigenvalue weighted by atomic mass is 16.5. The highest BCUT2D eigenvalue weighted by molar-refractivity contribution is 5.20. The van der Waals surface area contributed by atoms with Crippen molar-refractivity contribution in [2.24, 2.45) is 0 Å². The highest BCUT2D eigenvalue weighted by Crippen LogP contribution is 2.04. The number of hydrogen-bond donors (Lipinski definition) is 2. The molecule has 0 aliphatic rings. The molecule has 0 aliphatic heterocycles. The van der Waals surface area contributed by atoms with Crippen molar-refractivity contribution < 1.29 is 14.4 Å². The molecule has 1 aromatic rings. The second-order valence-corrected chi connectivity index (χ2v) is 2.63. The van der Waals surface area contributed by atoms with Crippen LogP contribution in [0.2, 0.25) is 0 Å². The number of nitrogens with one attached hydrogen (secondary N) is 1. The average molecular weight is 187 g/mol. The molecule has 1 unspecified atom stereocenters. The van der Waals surface area contributed by atoms with E-state index < -0.39 is 0 Å². The summed E-state index contributed by atoms with van der Waals surface area (Å²) < 4.78 is 9.67. The molecule has 0 fully saturated rings. The Balaban J connectivity index is 2.46. The van der Waals surface area contributed by atoms with Crippen molar-refractivity contribution in [3.05, 3.63) is 5.82 Å². The summed E-state index contributed by atoms with van der Waals surface area (Å²) >= 11 is 0. The first-order chi connectivity index (χ1) is 6.26. The Kier molecular flexibility index (Phi) is 3.66. The summed E-state index contributed by atoms with van der Waals surface area (Å²) in [4.78, 5) is 3.93. The summed E-state index contributed by atoms with van der Waals surface area (Å²) in [5.41, 5.74) is 0. The zero-order valence-corrected chi connectivity index (χ0v) is 7.65. The van der Waals surface area contributed by atoms with Crippen LogP contribution in [0.3, 0.4) is 0 Å². The first kappa shape index (κ1) is 9.94. The van der Waals surface area contributed by atoms with Crippen LogP contribution in [0.15, 0.2) is 4.52 Å². The molecule has 0 spiro atoms. The van der Waals surface area contributed by atoms with Crippen LogP contribution in [-0.4, -0.2) is 41.6 Å². The second kappa shape index (κ2) is 4.78. The number of hydrogen-bond acceptors (Lipinski definition) is 6. The van der Waals surface area contributed by atoms with Gasteiger partial charge >= 0.3 is 6.01 Å². The van der Waals surface area contributed by atoms with Crippen LogP contribution < -0.4 is 5.32 Å². The van der Waals surface area contributed by atoms with Gasteiger partial charge in [0, 0.05) is 7.11 Å². The van der Waals surface area contributed by atoms with Crippen molar-refractivity contribution in [2.75, 3.05) is 25.6 Å². The zero-order valence-electron chi connectivity index (χ0n) is 7.65. The first-order valence-electron chi connectivity index (χ1n) is 3.93. The van der Waals surface area contributed by atoms with Crippen LogP contribution >= 0.6 is 0 Å². The predicted molar refractivity (Wildman–Crippen MR) is 45.4 cm³/mol. The molecule has 0 amide bonds. The molecule has 1 rings (SSSR count). The lowest BCUT2D eigenvalue weighted by atomic mass is 10.3. The Bertz CT molecular complexity index is 251. The molecular weight excluding hydrogens is 174 g/mol. The largest absolute Gasteiger partial charge is 0.394 e. The van der Waals surface area contributed by atoms with E-state index in [1.165, 1.54) is 0 Å². The summed E-state index contributed by atoms with van der Waals surface area (Å²) in [7, 11) is 1.56. The standard InChI is InChI=1S/C7H13N3O3/c1-5-8-7(13-10-5)9-6(3-11)4-12-2/h6,11H,3-4H2,1-2H3,(H,8,9,10). The lowest BCUT2D eigenvalue weighted by molar-refractivity contribution is 0.151. The Morgan fingerprint density at radius 3 is 2.92 bits per heavy atom. The minimum atomic E-state index is -0.218. The molecule has 13 heavy (non-hydrogen) atoms. The van der Waals surface area contributed by atoms with Gasteiger partial charge in [-0.05, 0) is 6.92 Å². The van der Waals surface area contributed by atoms with Crippen LogP contribution in [0.5, 0.6) is 0 Å². The normalized spacial score (nSPS) is 12.8. The number of nitrogens with zero attached hydrogens (tertiary/aromatic N) is 2. The molecule has 2 N–H and O–H groups in total. The van der Waals surface area contributed by atoms with E-state index in [4.69, 9.17) is 14.4 Å². The van der Waals surface area contributed by atoms with Gasteiger partial charge in [0.05, 0.1) is 19.3 Å². The summed E-state index contributed by atoms with van der Waals surface area (Å²) in [6, 6.07) is 0.0819. The van der Waals surface area contributed by atoms with E-state index in [0.717, 1.165) is 0 Å². The van der Waals surface area contributed by atoms with E-state index >= 15 is 0 Å². The summed E-state index contributed by atoms with van der Waals surface area (Å²) in [5, 5.41) is 15.3. The van der Waals surface area contributed by atoms with Crippen LogP contribution in [0.1, 0.15) is 5.82 Å². The lowest BCUT2D eigenvalue weighted by Gasteiger charge is -2.12. The van der Waals surface area contributed by atoms with E-state index in [-0.39, 0.29) is 12.6 Å². The molecule has 1 heterocycles. The third-order valence-electron chi connectivity index (χ3n) is 1.44. The van der Waals surface area contributed by atoms with E-state index in [2.05, 4.69) is 15.5 Å². The molecular formula is C7H13N3O3. The van der Waals surface area contributed by atoms with Crippen molar-refractivity contribution in [3.63, 3.8) is 0 Å². The van der Waals surface area contributed by atoms with Crippen molar-refractivity contribution in [3.8, 4) is 0 Å².